The minimum atomic E-state index is -0.278. The van der Waals surface area contributed by atoms with Gasteiger partial charge in [-0.05, 0) is 173 Å². The summed E-state index contributed by atoms with van der Waals surface area (Å²) < 4.78 is 9.53. The third kappa shape index (κ3) is 107. The maximum absolute atomic E-state index is 11.9. The Morgan fingerprint density at radius 2 is 0.774 bits per heavy atom. The van der Waals surface area contributed by atoms with Crippen LogP contribution in [0, 0.1) is 59.6 Å². The zero-order valence-electron chi connectivity index (χ0n) is 101. The Morgan fingerprint density at radius 1 is 0.383 bits per heavy atom. The molecule has 26 heteroatoms. The monoisotopic (exact) mass is 1890 g/mol. The Bertz CT molecular complexity index is 3060. The number of methoxy groups -OCH3 is 2. The van der Waals surface area contributed by atoms with Crippen molar-refractivity contribution in [3.63, 3.8) is 0 Å². The molecule has 26 nitrogen and oxygen atoms in total. The molecule has 0 radical (unpaired) electrons. The van der Waals surface area contributed by atoms with Gasteiger partial charge in [-0.1, -0.05) is 228 Å². The van der Waals surface area contributed by atoms with Gasteiger partial charge in [0.1, 0.15) is 0 Å². The fraction of sp³-hybridized carbons (Fsp3) is 0.916. The van der Waals surface area contributed by atoms with Crippen molar-refractivity contribution in [2.75, 3.05) is 282 Å². The molecule has 0 bridgehead atoms. The first-order valence-corrected chi connectivity index (χ1v) is 49.4. The minimum absolute atomic E-state index is 0.0104. The second-order valence-corrected chi connectivity index (χ2v) is 51.3. The predicted molar refractivity (Wildman–Crippen MR) is 593 cm³/mol. The van der Waals surface area contributed by atoms with E-state index in [2.05, 4.69) is 366 Å². The highest BCUT2D eigenvalue weighted by molar-refractivity contribution is 5.96. The van der Waals surface area contributed by atoms with E-state index in [9.17, 15) is 14.4 Å². The fourth-order valence-corrected chi connectivity index (χ4v) is 11.7. The van der Waals surface area contributed by atoms with Crippen LogP contribution in [-0.4, -0.2) is 409 Å². The second kappa shape index (κ2) is 71.7. The van der Waals surface area contributed by atoms with Gasteiger partial charge in [-0.2, -0.15) is 0 Å². The van der Waals surface area contributed by atoms with Crippen LogP contribution in [0.5, 0.6) is 0 Å². The minimum Gasteiger partial charge on any atom is -0.453 e. The number of urea groups is 1. The van der Waals surface area contributed by atoms with Gasteiger partial charge in [0.25, 0.3) is 0 Å². The molecule has 0 unspecified atom stereocenters. The fourth-order valence-electron chi connectivity index (χ4n) is 11.7. The molecule has 133 heavy (non-hydrogen) atoms. The van der Waals surface area contributed by atoms with E-state index in [4.69, 9.17) is 4.74 Å². The molecule has 0 aromatic rings. The first kappa shape index (κ1) is 145. The van der Waals surface area contributed by atoms with E-state index < -0.39 is 0 Å². The van der Waals surface area contributed by atoms with Crippen molar-refractivity contribution in [1.82, 2.24) is 73.5 Å². The van der Waals surface area contributed by atoms with Crippen LogP contribution in [0.15, 0.2) is 30.0 Å². The topological polar surface area (TPSA) is 192 Å². The van der Waals surface area contributed by atoms with E-state index in [0.29, 0.717) is 67.7 Å². The lowest BCUT2D eigenvalue weighted by atomic mass is 9.90. The Morgan fingerprint density at radius 3 is 1.08 bits per heavy atom. The summed E-state index contributed by atoms with van der Waals surface area (Å²) in [6.45, 7) is 89.5. The van der Waals surface area contributed by atoms with Gasteiger partial charge in [0.15, 0.2) is 11.9 Å². The number of rotatable bonds is 23. The van der Waals surface area contributed by atoms with Gasteiger partial charge in [-0.15, -0.1) is 0 Å². The summed E-state index contributed by atoms with van der Waals surface area (Å²) >= 11 is 0. The number of amidine groups is 3. The third-order valence-corrected chi connectivity index (χ3v) is 20.0. The molecular weight excluding hydrogens is 1660 g/mol. The standard InChI is InChI=1S/C11H23N3O.C11H23N3.C11H25N3.C10H22N2O.C10H20N2.2C10H22N2.C9H21NO.C9H21N.C8H17NO2.C8H19N/c1-11(2,3)8-9(15)14(7)10(12-4)13(5)6;1-11(2,3)6-8-13(4)10-12-7-9-14(10)5;1-11(2,3)8-9-14(7)10(12-4)13(5)6;1-10(2,3)7-8-12(6)9(13)11(4)5;1-10(2,3)6-5-9-11-7-8-12(9)4;1-10(2,3)8-7-9(11-4)12(5)6;1-9(12(5)6)11-8-7-10(2,3)4;1-9(2,3)8-10(4)6-7-11-5;1-9(2,3)7-6-8-10(4)5;1-8(2,3)6-9(4)7(10)11-5;1-8(2,3)6-7-9(4)5/h8H2,1-7H3;6-9H2,1-5H3;8-9H2,1-7H3;7-8H2,1-6H3;5-8H2,1-4H3;2*7-8H2,1-6H3;6-8H2,1-5H3;6-8H2,1-5H3;6H2,1-5H3;6-7H2,1-5H3. The Labute approximate surface area is 830 Å². The molecule has 0 aromatic carbocycles. The summed E-state index contributed by atoms with van der Waals surface area (Å²) in [6.07, 6.45) is 13.4. The molecule has 0 saturated heterocycles. The van der Waals surface area contributed by atoms with Crippen molar-refractivity contribution in [2.24, 2.45) is 89.5 Å². The number of hydrogen-bond donors (Lipinski definition) is 0. The van der Waals surface area contributed by atoms with E-state index in [1.54, 1.807) is 61.9 Å². The molecule has 0 N–H and O–H groups in total. The molecule has 2 rings (SSSR count). The molecule has 0 atom stereocenters. The van der Waals surface area contributed by atoms with E-state index in [1.165, 1.54) is 76.8 Å². The van der Waals surface area contributed by atoms with Crippen molar-refractivity contribution >= 4 is 53.4 Å². The molecule has 0 aliphatic carbocycles. The maximum atomic E-state index is 11.9. The highest BCUT2D eigenvalue weighted by Gasteiger charge is 2.26. The van der Waals surface area contributed by atoms with Crippen molar-refractivity contribution in [2.45, 2.75) is 312 Å². The van der Waals surface area contributed by atoms with E-state index in [0.717, 1.165) is 115 Å². The van der Waals surface area contributed by atoms with Crippen molar-refractivity contribution in [1.29, 1.82) is 0 Å². The molecule has 2 heterocycles. The molecule has 0 saturated carbocycles. The summed E-state index contributed by atoms with van der Waals surface area (Å²) in [7, 11) is 52.4. The largest absolute Gasteiger partial charge is 0.453 e. The van der Waals surface area contributed by atoms with Gasteiger partial charge < -0.3 is 78.1 Å². The van der Waals surface area contributed by atoms with E-state index in [-0.39, 0.29) is 28.9 Å². The average Bonchev–Trinajstić information content (AvgIpc) is 1.63. The molecular formula is C107H235N21O5. The van der Waals surface area contributed by atoms with Crippen LogP contribution < -0.4 is 0 Å². The van der Waals surface area contributed by atoms with E-state index >= 15 is 0 Å². The number of carbonyl (C=O) groups excluding carboxylic acids is 3. The van der Waals surface area contributed by atoms with Crippen molar-refractivity contribution < 1.29 is 23.9 Å². The first-order chi connectivity index (χ1) is 59.4. The van der Waals surface area contributed by atoms with Gasteiger partial charge in [-0.25, -0.2) is 9.59 Å². The molecule has 798 valence electrons. The zero-order valence-corrected chi connectivity index (χ0v) is 101. The molecule has 0 aromatic heterocycles. The number of ether oxygens (including phenoxy) is 2. The van der Waals surface area contributed by atoms with Gasteiger partial charge in [0.2, 0.25) is 11.9 Å². The summed E-state index contributed by atoms with van der Waals surface area (Å²) in [5.41, 5.74) is 3.86. The van der Waals surface area contributed by atoms with Crippen molar-refractivity contribution in [3.8, 4) is 0 Å². The number of nitrogens with zero attached hydrogens (tertiary/aromatic N) is 21. The number of likely N-dealkylation sites (N-methyl/N-ethyl adjacent to an activating group) is 3. The van der Waals surface area contributed by atoms with Crippen LogP contribution in [-0.2, 0) is 14.3 Å². The molecule has 0 fully saturated rings. The number of hydrogen-bond acceptors (Lipinski definition) is 17. The lowest BCUT2D eigenvalue weighted by Gasteiger charge is -2.29. The Balaban J connectivity index is -0.000000182. The zero-order chi connectivity index (χ0) is 107. The normalized spacial score (nSPS) is 13.5. The first-order valence-electron chi connectivity index (χ1n) is 49.4. The quantitative estimate of drug-likeness (QED) is 0.0692. The van der Waals surface area contributed by atoms with Crippen LogP contribution in [0.3, 0.4) is 0 Å². The summed E-state index contributed by atoms with van der Waals surface area (Å²) in [5.74, 6) is 6.55. The molecule has 0 spiro atoms. The number of aliphatic imine (C=N–C) groups is 6. The Kier molecular flexibility index (Phi) is 78.2. The highest BCUT2D eigenvalue weighted by Crippen LogP contribution is 2.27. The van der Waals surface area contributed by atoms with E-state index in [1.807, 2.05) is 99.1 Å². The lowest BCUT2D eigenvalue weighted by Crippen LogP contribution is -2.42. The Hall–Kier alpha value is -5.73. The smallest absolute Gasteiger partial charge is 0.409 e. The molecule has 4 amide bonds. The summed E-state index contributed by atoms with van der Waals surface area (Å²) in [6, 6.07) is 0.0734. The summed E-state index contributed by atoms with van der Waals surface area (Å²) in [4.78, 5) is 90.4. The van der Waals surface area contributed by atoms with Crippen molar-refractivity contribution in [3.05, 3.63) is 0 Å². The highest BCUT2D eigenvalue weighted by atomic mass is 16.5. The van der Waals surface area contributed by atoms with Gasteiger partial charge in [0, 0.05) is 226 Å². The van der Waals surface area contributed by atoms with Crippen LogP contribution in [0.1, 0.15) is 312 Å². The number of guanidine groups is 3. The maximum Gasteiger partial charge on any atom is 0.409 e. The van der Waals surface area contributed by atoms with Crippen LogP contribution >= 0.6 is 0 Å². The molecule has 2 aliphatic heterocycles. The van der Waals surface area contributed by atoms with Gasteiger partial charge in [-0.3, -0.25) is 39.6 Å². The predicted octanol–water partition coefficient (Wildman–Crippen LogP) is 21.7. The van der Waals surface area contributed by atoms with Gasteiger partial charge >= 0.3 is 12.1 Å². The SMILES string of the molecule is CC(=NCCC(C)(C)C)N(C)C.CN(C)C(=O)N(C)CCC(C)(C)C.CN(C)CCC(C)(C)C.CN(C)CCCC(C)(C)C.CN1CCN=C1CCC(C)(C)C.CN1CCN=C1N(C)CCC(C)(C)C.CN=C(CCC(C)(C)C)N(C)C.CN=C(N(C)C)N(C)C(=O)CC(C)(C)C.CN=C(N(C)C)N(C)CCC(C)(C)C.COC(=O)N(C)CC(C)(C)C.COCCN(C)CC(C)(C)C. The lowest BCUT2D eigenvalue weighted by molar-refractivity contribution is -0.128. The number of amides is 4. The van der Waals surface area contributed by atoms with Crippen LogP contribution in [0.25, 0.3) is 0 Å². The number of carbonyl (C=O) groups is 3. The van der Waals surface area contributed by atoms with Crippen LogP contribution in [0.2, 0.25) is 0 Å². The molecule has 2 aliphatic rings. The average molecular weight is 1900 g/mol. The summed E-state index contributed by atoms with van der Waals surface area (Å²) in [5, 5.41) is 0. The second-order valence-electron chi connectivity index (χ2n) is 51.3. The van der Waals surface area contributed by atoms with Crippen LogP contribution in [0.4, 0.5) is 9.59 Å². The third-order valence-electron chi connectivity index (χ3n) is 20.0. The van der Waals surface area contributed by atoms with Gasteiger partial charge in [0.05, 0.1) is 44.3 Å².